The lowest BCUT2D eigenvalue weighted by molar-refractivity contribution is -0.111. The van der Waals surface area contributed by atoms with Crippen LogP contribution in [0.15, 0.2) is 65.2 Å². The number of benzene rings is 2. The van der Waals surface area contributed by atoms with E-state index in [0.29, 0.717) is 16.8 Å². The van der Waals surface area contributed by atoms with Crippen molar-refractivity contribution in [3.05, 3.63) is 76.3 Å². The molecule has 0 aliphatic rings. The fraction of sp³-hybridized carbons (Fsp3) is 0.150. The number of ether oxygens (including phenoxy) is 1. The zero-order valence-corrected chi connectivity index (χ0v) is 15.9. The first kappa shape index (κ1) is 19.6. The first-order chi connectivity index (χ1) is 12.3. The van der Waals surface area contributed by atoms with E-state index in [-0.39, 0.29) is 11.9 Å². The minimum absolute atomic E-state index is 0.228. The summed E-state index contributed by atoms with van der Waals surface area (Å²) in [6, 6.07) is 13.3. The molecule has 0 fully saturated rings. The lowest BCUT2D eigenvalue weighted by Gasteiger charge is -2.09. The van der Waals surface area contributed by atoms with Crippen molar-refractivity contribution < 1.29 is 19.1 Å². The van der Waals surface area contributed by atoms with E-state index in [0.717, 1.165) is 10.5 Å². The molecule has 6 heteroatoms. The maximum absolute atomic E-state index is 12.0. The summed E-state index contributed by atoms with van der Waals surface area (Å²) >= 11 is 3.30. The number of hydrogen-bond donors (Lipinski definition) is 1. The van der Waals surface area contributed by atoms with Crippen molar-refractivity contribution >= 4 is 39.3 Å². The average molecular weight is 416 g/mol. The third kappa shape index (κ3) is 5.97. The van der Waals surface area contributed by atoms with E-state index >= 15 is 0 Å². The maximum Gasteiger partial charge on any atom is 0.338 e. The molecule has 0 heterocycles. The molecule has 26 heavy (non-hydrogen) atoms. The molecule has 2 rings (SSSR count). The Balaban J connectivity index is 2.00. The highest BCUT2D eigenvalue weighted by atomic mass is 79.9. The van der Waals surface area contributed by atoms with Crippen LogP contribution in [-0.4, -0.2) is 23.8 Å². The molecule has 0 saturated carbocycles. The van der Waals surface area contributed by atoms with Crippen LogP contribution in [0.3, 0.4) is 0 Å². The van der Waals surface area contributed by atoms with Crippen LogP contribution in [0.4, 0.5) is 5.69 Å². The van der Waals surface area contributed by atoms with Gasteiger partial charge in [0, 0.05) is 21.8 Å². The predicted octanol–water partition coefficient (Wildman–Crippen LogP) is 4.39. The van der Waals surface area contributed by atoms with Gasteiger partial charge in [0.15, 0.2) is 5.78 Å². The number of carbonyl (C=O) groups excluding carboxylic acids is 3. The molecule has 0 spiro atoms. The number of nitrogens with one attached hydrogen (secondary N) is 1. The Morgan fingerprint density at radius 3 is 2.35 bits per heavy atom. The monoisotopic (exact) mass is 415 g/mol. The van der Waals surface area contributed by atoms with Crippen molar-refractivity contribution in [1.29, 1.82) is 0 Å². The fourth-order valence-corrected chi connectivity index (χ4v) is 2.32. The van der Waals surface area contributed by atoms with E-state index in [9.17, 15) is 14.4 Å². The maximum atomic E-state index is 12.0. The van der Waals surface area contributed by atoms with Crippen LogP contribution in [0.5, 0.6) is 0 Å². The van der Waals surface area contributed by atoms with Gasteiger partial charge in [-0.1, -0.05) is 22.0 Å². The third-order valence-corrected chi connectivity index (χ3v) is 3.75. The van der Waals surface area contributed by atoms with Crippen LogP contribution in [0.25, 0.3) is 0 Å². The van der Waals surface area contributed by atoms with Gasteiger partial charge >= 0.3 is 5.97 Å². The molecule has 134 valence electrons. The van der Waals surface area contributed by atoms with Crippen LogP contribution in [-0.2, 0) is 9.53 Å². The third-order valence-electron chi connectivity index (χ3n) is 3.22. The molecule has 0 bridgehead atoms. The van der Waals surface area contributed by atoms with Crippen LogP contribution in [0.2, 0.25) is 0 Å². The quantitative estimate of drug-likeness (QED) is 0.431. The number of anilines is 1. The van der Waals surface area contributed by atoms with Crippen molar-refractivity contribution in [2.75, 3.05) is 5.32 Å². The molecule has 0 aromatic heterocycles. The first-order valence-electron chi connectivity index (χ1n) is 7.95. The van der Waals surface area contributed by atoms with Crippen molar-refractivity contribution in [3.63, 3.8) is 0 Å². The van der Waals surface area contributed by atoms with Crippen molar-refractivity contribution in [2.24, 2.45) is 0 Å². The molecule has 1 amide bonds. The number of allylic oxidation sites excluding steroid dienone is 1. The lowest BCUT2D eigenvalue weighted by atomic mass is 10.1. The van der Waals surface area contributed by atoms with E-state index in [1.807, 2.05) is 0 Å². The Morgan fingerprint density at radius 2 is 1.69 bits per heavy atom. The summed E-state index contributed by atoms with van der Waals surface area (Å²) in [7, 11) is 0. The van der Waals surface area contributed by atoms with E-state index in [1.165, 1.54) is 12.1 Å². The SMILES string of the molecule is CC(C)OC(=O)c1cccc(NC(=O)/C=C/C(=O)c2ccc(Br)cc2)c1. The summed E-state index contributed by atoms with van der Waals surface area (Å²) in [4.78, 5) is 35.9. The number of rotatable bonds is 6. The van der Waals surface area contributed by atoms with Gasteiger partial charge in [0.2, 0.25) is 5.91 Å². The predicted molar refractivity (Wildman–Crippen MR) is 103 cm³/mol. The second-order valence-electron chi connectivity index (χ2n) is 5.73. The van der Waals surface area contributed by atoms with Gasteiger partial charge in [-0.05, 0) is 62.4 Å². The number of ketones is 1. The number of amides is 1. The largest absolute Gasteiger partial charge is 0.459 e. The molecule has 0 saturated heterocycles. The van der Waals surface area contributed by atoms with Gasteiger partial charge in [0.25, 0.3) is 0 Å². The lowest BCUT2D eigenvalue weighted by Crippen LogP contribution is -2.13. The smallest absolute Gasteiger partial charge is 0.338 e. The van der Waals surface area contributed by atoms with E-state index < -0.39 is 11.9 Å². The Kier molecular flexibility index (Phi) is 6.86. The van der Waals surface area contributed by atoms with E-state index in [4.69, 9.17) is 4.74 Å². The number of esters is 1. The van der Waals surface area contributed by atoms with Gasteiger partial charge in [-0.3, -0.25) is 9.59 Å². The normalized spacial score (nSPS) is 10.8. The standard InChI is InChI=1S/C20H18BrNO4/c1-13(2)26-20(25)15-4-3-5-17(12-15)22-19(24)11-10-18(23)14-6-8-16(21)9-7-14/h3-13H,1-2H3,(H,22,24)/b11-10+. The molecule has 0 radical (unpaired) electrons. The second kappa shape index (κ2) is 9.10. The van der Waals surface area contributed by atoms with Gasteiger partial charge in [-0.25, -0.2) is 4.79 Å². The zero-order chi connectivity index (χ0) is 19.1. The van der Waals surface area contributed by atoms with Gasteiger partial charge < -0.3 is 10.1 Å². The first-order valence-corrected chi connectivity index (χ1v) is 8.74. The van der Waals surface area contributed by atoms with Gasteiger partial charge in [-0.2, -0.15) is 0 Å². The fourth-order valence-electron chi connectivity index (χ4n) is 2.05. The van der Waals surface area contributed by atoms with Crippen molar-refractivity contribution in [1.82, 2.24) is 0 Å². The molecule has 2 aromatic carbocycles. The highest BCUT2D eigenvalue weighted by Crippen LogP contribution is 2.13. The Morgan fingerprint density at radius 1 is 1.00 bits per heavy atom. The molecule has 0 aliphatic carbocycles. The molecule has 2 aromatic rings. The van der Waals surface area contributed by atoms with Gasteiger partial charge in [-0.15, -0.1) is 0 Å². The Bertz CT molecular complexity index is 841. The van der Waals surface area contributed by atoms with Crippen LogP contribution in [0, 0.1) is 0 Å². The summed E-state index contributed by atoms with van der Waals surface area (Å²) in [5.74, 6) is -1.20. The Hall–Kier alpha value is -2.73. The van der Waals surface area contributed by atoms with Gasteiger partial charge in [0.05, 0.1) is 11.7 Å². The van der Waals surface area contributed by atoms with E-state index in [2.05, 4.69) is 21.2 Å². The highest BCUT2D eigenvalue weighted by Gasteiger charge is 2.10. The molecule has 0 aliphatic heterocycles. The van der Waals surface area contributed by atoms with Crippen molar-refractivity contribution in [3.8, 4) is 0 Å². The molecular formula is C20H18BrNO4. The van der Waals surface area contributed by atoms with Crippen LogP contribution < -0.4 is 5.32 Å². The summed E-state index contributed by atoms with van der Waals surface area (Å²) in [5, 5.41) is 2.61. The number of carbonyl (C=O) groups is 3. The molecule has 1 N–H and O–H groups in total. The molecule has 5 nitrogen and oxygen atoms in total. The molecule has 0 unspecified atom stereocenters. The topological polar surface area (TPSA) is 72.5 Å². The molecular weight excluding hydrogens is 398 g/mol. The van der Waals surface area contributed by atoms with Crippen molar-refractivity contribution in [2.45, 2.75) is 20.0 Å². The summed E-state index contributed by atoms with van der Waals surface area (Å²) in [6.07, 6.45) is 2.13. The number of halogens is 1. The van der Waals surface area contributed by atoms with Crippen LogP contribution >= 0.6 is 15.9 Å². The van der Waals surface area contributed by atoms with Gasteiger partial charge in [0.1, 0.15) is 0 Å². The minimum Gasteiger partial charge on any atom is -0.459 e. The Labute approximate surface area is 160 Å². The second-order valence-corrected chi connectivity index (χ2v) is 6.64. The summed E-state index contributed by atoms with van der Waals surface area (Å²) in [5.41, 5.74) is 1.26. The molecule has 0 atom stereocenters. The highest BCUT2D eigenvalue weighted by molar-refractivity contribution is 9.10. The number of hydrogen-bond acceptors (Lipinski definition) is 4. The minimum atomic E-state index is -0.468. The summed E-state index contributed by atoms with van der Waals surface area (Å²) in [6.45, 7) is 3.52. The zero-order valence-electron chi connectivity index (χ0n) is 14.4. The average Bonchev–Trinajstić information content (AvgIpc) is 2.60. The van der Waals surface area contributed by atoms with E-state index in [1.54, 1.807) is 56.3 Å². The summed E-state index contributed by atoms with van der Waals surface area (Å²) < 4.78 is 5.99. The van der Waals surface area contributed by atoms with Crippen LogP contribution in [0.1, 0.15) is 34.6 Å².